The molecule has 1 unspecified atom stereocenters. The SMILES string of the molecule is CCCC1CCN(c2nc(Cl)nc(C)c2N)C1. The fraction of sp³-hybridized carbons (Fsp3) is 0.667. The number of rotatable bonds is 3. The molecule has 4 nitrogen and oxygen atoms in total. The number of halogens is 1. The quantitative estimate of drug-likeness (QED) is 0.843. The lowest BCUT2D eigenvalue weighted by molar-refractivity contribution is 0.529. The summed E-state index contributed by atoms with van der Waals surface area (Å²) in [5.74, 6) is 1.56. The van der Waals surface area contributed by atoms with Crippen LogP contribution in [0.5, 0.6) is 0 Å². The Bertz CT molecular complexity index is 408. The molecule has 0 saturated carbocycles. The zero-order chi connectivity index (χ0) is 12.4. The fourth-order valence-electron chi connectivity index (χ4n) is 2.44. The molecule has 2 rings (SSSR count). The maximum Gasteiger partial charge on any atom is 0.224 e. The third kappa shape index (κ3) is 2.63. The van der Waals surface area contributed by atoms with E-state index in [0.29, 0.717) is 5.69 Å². The van der Waals surface area contributed by atoms with Crippen LogP contribution in [0.1, 0.15) is 31.9 Å². The number of aryl methyl sites for hydroxylation is 1. The molecule has 1 aromatic rings. The molecule has 0 spiro atoms. The van der Waals surface area contributed by atoms with E-state index < -0.39 is 0 Å². The standard InChI is InChI=1S/C12H19ClN4/c1-3-4-9-5-6-17(7-9)11-10(14)8(2)15-12(13)16-11/h9H,3-7,14H2,1-2H3. The molecule has 1 fully saturated rings. The number of aromatic nitrogens is 2. The predicted octanol–water partition coefficient (Wildman–Crippen LogP) is 2.65. The van der Waals surface area contributed by atoms with E-state index in [1.165, 1.54) is 19.3 Å². The Hall–Kier alpha value is -1.03. The second-order valence-corrected chi connectivity index (χ2v) is 5.04. The molecule has 0 radical (unpaired) electrons. The van der Waals surface area contributed by atoms with E-state index in [1.54, 1.807) is 0 Å². The first-order valence-electron chi connectivity index (χ1n) is 6.16. The highest BCUT2D eigenvalue weighted by atomic mass is 35.5. The van der Waals surface area contributed by atoms with Gasteiger partial charge in [0.1, 0.15) is 0 Å². The van der Waals surface area contributed by atoms with Crippen LogP contribution in [0.15, 0.2) is 0 Å². The number of nitrogens with zero attached hydrogens (tertiary/aromatic N) is 3. The van der Waals surface area contributed by atoms with Crippen LogP contribution in [0.2, 0.25) is 5.28 Å². The van der Waals surface area contributed by atoms with Gasteiger partial charge in [-0.3, -0.25) is 0 Å². The maximum atomic E-state index is 6.03. The average Bonchev–Trinajstić information content (AvgIpc) is 2.72. The number of hydrogen-bond acceptors (Lipinski definition) is 4. The van der Waals surface area contributed by atoms with Crippen molar-refractivity contribution in [2.45, 2.75) is 33.1 Å². The Morgan fingerprint density at radius 2 is 2.24 bits per heavy atom. The first-order chi connectivity index (χ1) is 8.11. The number of nitrogen functional groups attached to an aromatic ring is 1. The molecule has 5 heteroatoms. The minimum Gasteiger partial charge on any atom is -0.394 e. The lowest BCUT2D eigenvalue weighted by Crippen LogP contribution is -2.23. The van der Waals surface area contributed by atoms with Crippen LogP contribution in [0.3, 0.4) is 0 Å². The molecular formula is C12H19ClN4. The minimum absolute atomic E-state index is 0.283. The van der Waals surface area contributed by atoms with Crippen LogP contribution < -0.4 is 10.6 Å². The van der Waals surface area contributed by atoms with Gasteiger partial charge in [-0.25, -0.2) is 4.98 Å². The van der Waals surface area contributed by atoms with E-state index in [-0.39, 0.29) is 5.28 Å². The zero-order valence-corrected chi connectivity index (χ0v) is 11.2. The summed E-state index contributed by atoms with van der Waals surface area (Å²) in [6.45, 7) is 6.14. The predicted molar refractivity (Wildman–Crippen MR) is 71.4 cm³/mol. The zero-order valence-electron chi connectivity index (χ0n) is 10.4. The molecule has 1 saturated heterocycles. The first kappa shape index (κ1) is 12.4. The minimum atomic E-state index is 0.283. The van der Waals surface area contributed by atoms with Gasteiger partial charge < -0.3 is 10.6 Å². The molecule has 0 amide bonds. The van der Waals surface area contributed by atoms with Gasteiger partial charge in [-0.1, -0.05) is 13.3 Å². The average molecular weight is 255 g/mol. The van der Waals surface area contributed by atoms with Crippen molar-refractivity contribution in [3.05, 3.63) is 11.0 Å². The van der Waals surface area contributed by atoms with Crippen molar-refractivity contribution in [2.75, 3.05) is 23.7 Å². The summed E-state index contributed by atoms with van der Waals surface area (Å²) >= 11 is 5.89. The van der Waals surface area contributed by atoms with Crippen LogP contribution in [0.25, 0.3) is 0 Å². The summed E-state index contributed by atoms with van der Waals surface area (Å²) in [5.41, 5.74) is 7.45. The van der Waals surface area contributed by atoms with Crippen LogP contribution in [0.4, 0.5) is 11.5 Å². The highest BCUT2D eigenvalue weighted by Crippen LogP contribution is 2.30. The Labute approximate surface area is 107 Å². The van der Waals surface area contributed by atoms with E-state index in [2.05, 4.69) is 21.8 Å². The van der Waals surface area contributed by atoms with Gasteiger partial charge >= 0.3 is 0 Å². The summed E-state index contributed by atoms with van der Waals surface area (Å²) in [6.07, 6.45) is 3.72. The van der Waals surface area contributed by atoms with Crippen LogP contribution >= 0.6 is 11.6 Å². The van der Waals surface area contributed by atoms with Gasteiger partial charge in [-0.2, -0.15) is 4.98 Å². The van der Waals surface area contributed by atoms with Gasteiger partial charge in [0.2, 0.25) is 5.28 Å². The van der Waals surface area contributed by atoms with Gasteiger partial charge in [0.25, 0.3) is 0 Å². The van der Waals surface area contributed by atoms with Crippen LogP contribution in [-0.4, -0.2) is 23.1 Å². The largest absolute Gasteiger partial charge is 0.394 e. The van der Waals surface area contributed by atoms with E-state index in [9.17, 15) is 0 Å². The third-order valence-corrected chi connectivity index (χ3v) is 3.54. The summed E-state index contributed by atoms with van der Waals surface area (Å²) in [7, 11) is 0. The Morgan fingerprint density at radius 1 is 1.47 bits per heavy atom. The summed E-state index contributed by atoms with van der Waals surface area (Å²) < 4.78 is 0. The topological polar surface area (TPSA) is 55.0 Å². The van der Waals surface area contributed by atoms with Gasteiger partial charge in [-0.15, -0.1) is 0 Å². The lowest BCUT2D eigenvalue weighted by atomic mass is 10.0. The third-order valence-electron chi connectivity index (χ3n) is 3.37. The van der Waals surface area contributed by atoms with Gasteiger partial charge in [0, 0.05) is 13.1 Å². The molecule has 2 N–H and O–H groups in total. The van der Waals surface area contributed by atoms with Crippen molar-refractivity contribution in [3.8, 4) is 0 Å². The van der Waals surface area contributed by atoms with Crippen LogP contribution in [0, 0.1) is 12.8 Å². The smallest absolute Gasteiger partial charge is 0.224 e. The van der Waals surface area contributed by atoms with Crippen LogP contribution in [-0.2, 0) is 0 Å². The van der Waals surface area contributed by atoms with Crippen molar-refractivity contribution in [2.24, 2.45) is 5.92 Å². The molecule has 1 atom stereocenters. The lowest BCUT2D eigenvalue weighted by Gasteiger charge is -2.20. The van der Waals surface area contributed by atoms with Crippen molar-refractivity contribution in [1.82, 2.24) is 9.97 Å². The molecule has 0 aromatic carbocycles. The number of hydrogen-bond donors (Lipinski definition) is 1. The molecule has 1 aliphatic heterocycles. The molecule has 1 aliphatic rings. The first-order valence-corrected chi connectivity index (χ1v) is 6.54. The highest BCUT2D eigenvalue weighted by Gasteiger charge is 2.25. The Morgan fingerprint density at radius 3 is 2.94 bits per heavy atom. The van der Waals surface area contributed by atoms with Gasteiger partial charge in [-0.05, 0) is 37.3 Å². The molecule has 94 valence electrons. The summed E-state index contributed by atoms with van der Waals surface area (Å²) in [5, 5.41) is 0.283. The molecule has 0 aliphatic carbocycles. The summed E-state index contributed by atoms with van der Waals surface area (Å²) in [6, 6.07) is 0. The fourth-order valence-corrected chi connectivity index (χ4v) is 2.65. The molecule has 2 heterocycles. The monoisotopic (exact) mass is 254 g/mol. The van der Waals surface area contributed by atoms with Gasteiger partial charge in [0.05, 0.1) is 11.4 Å². The second-order valence-electron chi connectivity index (χ2n) is 4.70. The number of anilines is 2. The van der Waals surface area contributed by atoms with Crippen molar-refractivity contribution in [1.29, 1.82) is 0 Å². The molecule has 0 bridgehead atoms. The molecule has 17 heavy (non-hydrogen) atoms. The summed E-state index contributed by atoms with van der Waals surface area (Å²) in [4.78, 5) is 10.6. The normalized spacial score (nSPS) is 19.9. The Balaban J connectivity index is 2.18. The molecule has 1 aromatic heterocycles. The maximum absolute atomic E-state index is 6.03. The number of nitrogens with two attached hydrogens (primary N) is 1. The van der Waals surface area contributed by atoms with E-state index in [1.807, 2.05) is 6.92 Å². The second kappa shape index (κ2) is 5.08. The van der Waals surface area contributed by atoms with Gasteiger partial charge in [0.15, 0.2) is 5.82 Å². The van der Waals surface area contributed by atoms with E-state index in [4.69, 9.17) is 17.3 Å². The van der Waals surface area contributed by atoms with Crippen molar-refractivity contribution < 1.29 is 0 Å². The van der Waals surface area contributed by atoms with Crippen molar-refractivity contribution >= 4 is 23.1 Å². The highest BCUT2D eigenvalue weighted by molar-refractivity contribution is 6.28. The molecular weight excluding hydrogens is 236 g/mol. The van der Waals surface area contributed by atoms with E-state index >= 15 is 0 Å². The van der Waals surface area contributed by atoms with Crippen molar-refractivity contribution in [3.63, 3.8) is 0 Å². The Kier molecular flexibility index (Phi) is 3.72. The van der Waals surface area contributed by atoms with E-state index in [0.717, 1.165) is 30.5 Å².